The van der Waals surface area contributed by atoms with Gasteiger partial charge in [-0.2, -0.15) is 5.26 Å². The van der Waals surface area contributed by atoms with Crippen molar-refractivity contribution in [3.05, 3.63) is 5.82 Å². The molecule has 0 aromatic carbocycles. The Kier molecular flexibility index (Phi) is 3.67. The van der Waals surface area contributed by atoms with Crippen molar-refractivity contribution in [2.75, 3.05) is 0 Å². The standard InChI is InChI=1S/C3HN5O2.Na/c4-1-8-2(3(9)10)5-6-7-8;/h(H,9,10);/q;+1/p-1. The van der Waals surface area contributed by atoms with E-state index in [1.54, 1.807) is 0 Å². The summed E-state index contributed by atoms with van der Waals surface area (Å²) in [5.41, 5.74) is 0. The van der Waals surface area contributed by atoms with Crippen LogP contribution in [0.25, 0.3) is 0 Å². The quantitative estimate of drug-likeness (QED) is 0.380. The van der Waals surface area contributed by atoms with Gasteiger partial charge in [-0.3, -0.25) is 0 Å². The van der Waals surface area contributed by atoms with Gasteiger partial charge in [0.25, 0.3) is 0 Å². The average Bonchev–Trinajstić information content (AvgIpc) is 2.33. The van der Waals surface area contributed by atoms with Gasteiger partial charge in [-0.25, -0.2) is 0 Å². The molecule has 11 heavy (non-hydrogen) atoms. The summed E-state index contributed by atoms with van der Waals surface area (Å²) < 4.78 is 0.454. The van der Waals surface area contributed by atoms with Crippen molar-refractivity contribution >= 4 is 5.97 Å². The van der Waals surface area contributed by atoms with E-state index in [4.69, 9.17) is 5.26 Å². The number of carbonyl (C=O) groups excluding carboxylic acids is 1. The molecule has 0 aliphatic heterocycles. The van der Waals surface area contributed by atoms with Crippen molar-refractivity contribution in [2.45, 2.75) is 0 Å². The molecule has 0 unspecified atom stereocenters. The van der Waals surface area contributed by atoms with Crippen molar-refractivity contribution in [3.63, 3.8) is 0 Å². The van der Waals surface area contributed by atoms with Gasteiger partial charge in [-0.05, 0) is 10.4 Å². The van der Waals surface area contributed by atoms with Crippen LogP contribution in [0.3, 0.4) is 0 Å². The molecule has 1 rings (SSSR count). The Labute approximate surface area is 82.9 Å². The molecule has 0 bridgehead atoms. The van der Waals surface area contributed by atoms with E-state index in [0.29, 0.717) is 4.68 Å². The molecule has 1 heterocycles. The maximum Gasteiger partial charge on any atom is 1.00 e. The van der Waals surface area contributed by atoms with E-state index >= 15 is 0 Å². The minimum absolute atomic E-state index is 0. The molecule has 8 heteroatoms. The van der Waals surface area contributed by atoms with Crippen LogP contribution in [0, 0.1) is 11.5 Å². The third kappa shape index (κ3) is 1.98. The fraction of sp³-hybridized carbons (Fsp3) is 0. The first-order valence-corrected chi connectivity index (χ1v) is 2.15. The molecular weight excluding hydrogens is 161 g/mol. The molecule has 0 spiro atoms. The number of carboxylic acid groups (broad SMARTS) is 1. The van der Waals surface area contributed by atoms with E-state index in [9.17, 15) is 9.90 Å². The predicted molar refractivity (Wildman–Crippen MR) is 23.2 cm³/mol. The Balaban J connectivity index is 0.000001000. The smallest absolute Gasteiger partial charge is 0.541 e. The second-order valence-electron chi connectivity index (χ2n) is 1.30. The van der Waals surface area contributed by atoms with Crippen LogP contribution in [0.4, 0.5) is 0 Å². The zero-order valence-electron chi connectivity index (χ0n) is 5.55. The fourth-order valence-corrected chi connectivity index (χ4v) is 0.382. The van der Waals surface area contributed by atoms with Gasteiger partial charge < -0.3 is 9.90 Å². The summed E-state index contributed by atoms with van der Waals surface area (Å²) in [6.45, 7) is 0. The van der Waals surface area contributed by atoms with Gasteiger partial charge in [-0.15, -0.1) is 9.78 Å². The number of hydrogen-bond acceptors (Lipinski definition) is 6. The SMILES string of the molecule is N#Cn1nnnc1C(=O)[O-].[Na+]. The number of carbonyl (C=O) groups is 1. The number of aromatic carboxylic acids is 1. The molecule has 0 aliphatic carbocycles. The number of nitriles is 1. The molecule has 7 nitrogen and oxygen atoms in total. The zero-order valence-corrected chi connectivity index (χ0v) is 7.55. The number of carboxylic acids is 1. The zero-order chi connectivity index (χ0) is 7.56. The van der Waals surface area contributed by atoms with E-state index in [-0.39, 0.29) is 29.6 Å². The van der Waals surface area contributed by atoms with E-state index in [1.807, 2.05) is 0 Å². The maximum atomic E-state index is 10.0. The van der Waals surface area contributed by atoms with Crippen molar-refractivity contribution in [1.82, 2.24) is 20.2 Å². The second kappa shape index (κ2) is 4.02. The summed E-state index contributed by atoms with van der Waals surface area (Å²) in [4.78, 5) is 10.0. The molecule has 1 aromatic rings. The Morgan fingerprint density at radius 3 is 2.73 bits per heavy atom. The molecule has 0 aliphatic rings. The summed E-state index contributed by atoms with van der Waals surface area (Å²) in [6, 6.07) is 0. The summed E-state index contributed by atoms with van der Waals surface area (Å²) >= 11 is 0. The maximum absolute atomic E-state index is 10.0. The minimum Gasteiger partial charge on any atom is -0.541 e. The van der Waals surface area contributed by atoms with E-state index in [2.05, 4.69) is 15.5 Å². The first-order valence-electron chi connectivity index (χ1n) is 2.15. The van der Waals surface area contributed by atoms with Gasteiger partial charge >= 0.3 is 29.6 Å². The van der Waals surface area contributed by atoms with Crippen LogP contribution >= 0.6 is 0 Å². The fourth-order valence-electron chi connectivity index (χ4n) is 0.382. The van der Waals surface area contributed by atoms with E-state index in [1.165, 1.54) is 6.19 Å². The topological polar surface area (TPSA) is 108 Å². The van der Waals surface area contributed by atoms with Crippen LogP contribution in [-0.2, 0) is 0 Å². The monoisotopic (exact) mass is 161 g/mol. The molecule has 1 aromatic heterocycles. The van der Waals surface area contributed by atoms with Crippen LogP contribution in [-0.4, -0.2) is 26.2 Å². The number of aromatic nitrogens is 4. The number of hydrogen-bond donors (Lipinski definition) is 0. The summed E-state index contributed by atoms with van der Waals surface area (Å²) in [7, 11) is 0. The van der Waals surface area contributed by atoms with Gasteiger partial charge in [-0.1, -0.05) is 0 Å². The van der Waals surface area contributed by atoms with Crippen molar-refractivity contribution in [3.8, 4) is 6.19 Å². The van der Waals surface area contributed by atoms with Gasteiger partial charge in [0, 0.05) is 0 Å². The Hall–Kier alpha value is -0.970. The van der Waals surface area contributed by atoms with Crippen molar-refractivity contribution in [1.29, 1.82) is 5.26 Å². The van der Waals surface area contributed by atoms with Crippen molar-refractivity contribution in [2.24, 2.45) is 0 Å². The average molecular weight is 161 g/mol. The number of tetrazole rings is 1. The van der Waals surface area contributed by atoms with Crippen LogP contribution in [0.1, 0.15) is 10.6 Å². The Bertz CT molecular complexity index is 301. The molecule has 0 amide bonds. The largest absolute Gasteiger partial charge is 1.00 e. The summed E-state index contributed by atoms with van der Waals surface area (Å²) in [5, 5.41) is 27.1. The minimum atomic E-state index is -1.58. The molecular formula is C3N5NaO2. The Morgan fingerprint density at radius 1 is 1.73 bits per heavy atom. The molecule has 0 saturated heterocycles. The first-order chi connectivity index (χ1) is 4.75. The van der Waals surface area contributed by atoms with E-state index in [0.717, 1.165) is 0 Å². The Morgan fingerprint density at radius 2 is 2.36 bits per heavy atom. The molecule has 0 fully saturated rings. The van der Waals surface area contributed by atoms with E-state index < -0.39 is 11.8 Å². The molecule has 0 saturated carbocycles. The van der Waals surface area contributed by atoms with Gasteiger partial charge in [0.1, 0.15) is 5.97 Å². The van der Waals surface area contributed by atoms with Crippen LogP contribution in [0.2, 0.25) is 0 Å². The van der Waals surface area contributed by atoms with Crippen LogP contribution in [0.15, 0.2) is 0 Å². The van der Waals surface area contributed by atoms with Gasteiger partial charge in [0.05, 0.1) is 0 Å². The van der Waals surface area contributed by atoms with Crippen LogP contribution < -0.4 is 34.7 Å². The predicted octanol–water partition coefficient (Wildman–Crippen LogP) is -5.63. The summed E-state index contributed by atoms with van der Waals surface area (Å²) in [5.74, 6) is -2.17. The molecule has 50 valence electrons. The van der Waals surface area contributed by atoms with Gasteiger partial charge in [0.2, 0.25) is 12.0 Å². The number of rotatable bonds is 1. The third-order valence-corrected chi connectivity index (χ3v) is 0.747. The molecule has 0 N–H and O–H groups in total. The van der Waals surface area contributed by atoms with Crippen LogP contribution in [0.5, 0.6) is 0 Å². The summed E-state index contributed by atoms with van der Waals surface area (Å²) in [6.07, 6.45) is 1.42. The number of nitrogens with zero attached hydrogens (tertiary/aromatic N) is 5. The molecule has 0 atom stereocenters. The first kappa shape index (κ1) is 10.0. The third-order valence-electron chi connectivity index (χ3n) is 0.747. The second-order valence-corrected chi connectivity index (χ2v) is 1.30. The molecule has 0 radical (unpaired) electrons. The van der Waals surface area contributed by atoms with Crippen molar-refractivity contribution < 1.29 is 39.5 Å². The normalized spacial score (nSPS) is 7.91. The van der Waals surface area contributed by atoms with Gasteiger partial charge in [0.15, 0.2) is 0 Å².